The van der Waals surface area contributed by atoms with E-state index in [0.717, 1.165) is 0 Å². The Bertz CT molecular complexity index is 272. The van der Waals surface area contributed by atoms with E-state index in [2.05, 4.69) is 4.74 Å². The Balaban J connectivity index is 2.36. The average molecular weight is 150 g/mol. The van der Waals surface area contributed by atoms with Crippen LogP contribution in [0.5, 0.6) is 0 Å². The van der Waals surface area contributed by atoms with Gasteiger partial charge in [-0.05, 0) is 6.42 Å². The molecule has 0 aromatic rings. The zero-order valence-corrected chi connectivity index (χ0v) is 5.74. The smallest absolute Gasteiger partial charge is 0.335 e. The van der Waals surface area contributed by atoms with Gasteiger partial charge < -0.3 is 4.74 Å². The van der Waals surface area contributed by atoms with Gasteiger partial charge in [0.1, 0.15) is 0 Å². The standard InChI is InChI=1S/C8H6O3/c9-6-8(7(10)11-6)4-2-1-3-5-8/h1-4H,5H2. The lowest BCUT2D eigenvalue weighted by molar-refractivity contribution is -0.191. The third kappa shape index (κ3) is 0.623. The monoisotopic (exact) mass is 150 g/mol. The van der Waals surface area contributed by atoms with Gasteiger partial charge in [-0.25, -0.2) is 9.59 Å². The molecule has 0 aromatic heterocycles. The molecule has 1 aliphatic heterocycles. The summed E-state index contributed by atoms with van der Waals surface area (Å²) in [5, 5.41) is 0. The number of allylic oxidation sites excluding steroid dienone is 3. The lowest BCUT2D eigenvalue weighted by atomic mass is 9.78. The Kier molecular flexibility index (Phi) is 1.04. The van der Waals surface area contributed by atoms with Gasteiger partial charge in [-0.3, -0.25) is 0 Å². The van der Waals surface area contributed by atoms with Crippen molar-refractivity contribution in [1.29, 1.82) is 0 Å². The minimum Gasteiger partial charge on any atom is -0.391 e. The second-order valence-electron chi connectivity index (χ2n) is 2.64. The van der Waals surface area contributed by atoms with Crippen LogP contribution in [-0.4, -0.2) is 11.9 Å². The molecule has 1 spiro atoms. The second-order valence-corrected chi connectivity index (χ2v) is 2.64. The van der Waals surface area contributed by atoms with Crippen molar-refractivity contribution in [2.75, 3.05) is 0 Å². The largest absolute Gasteiger partial charge is 0.391 e. The van der Waals surface area contributed by atoms with Crippen molar-refractivity contribution in [1.82, 2.24) is 0 Å². The van der Waals surface area contributed by atoms with Crippen LogP contribution >= 0.6 is 0 Å². The topological polar surface area (TPSA) is 43.4 Å². The van der Waals surface area contributed by atoms with E-state index in [1.165, 1.54) is 0 Å². The minimum atomic E-state index is -0.950. The SMILES string of the molecule is O=C1OC(=O)C12C=CC=CC2. The van der Waals surface area contributed by atoms with Crippen LogP contribution in [0.25, 0.3) is 0 Å². The van der Waals surface area contributed by atoms with E-state index in [1.54, 1.807) is 18.2 Å². The van der Waals surface area contributed by atoms with Gasteiger partial charge >= 0.3 is 11.9 Å². The molecule has 1 fully saturated rings. The highest BCUT2D eigenvalue weighted by Gasteiger charge is 2.56. The first-order valence-corrected chi connectivity index (χ1v) is 3.37. The Morgan fingerprint density at radius 2 is 2.00 bits per heavy atom. The fourth-order valence-electron chi connectivity index (χ4n) is 1.23. The highest BCUT2D eigenvalue weighted by Crippen LogP contribution is 2.38. The molecule has 0 bridgehead atoms. The normalized spacial score (nSPS) is 25.1. The number of esters is 2. The number of hydrogen-bond donors (Lipinski definition) is 0. The molecule has 0 aromatic carbocycles. The van der Waals surface area contributed by atoms with Crippen LogP contribution in [0.15, 0.2) is 24.3 Å². The number of cyclic esters (lactones) is 2. The first kappa shape index (κ1) is 6.34. The summed E-state index contributed by atoms with van der Waals surface area (Å²) in [6, 6.07) is 0. The van der Waals surface area contributed by atoms with Crippen LogP contribution in [0.4, 0.5) is 0 Å². The highest BCUT2D eigenvalue weighted by molar-refractivity contribution is 6.16. The first-order valence-electron chi connectivity index (χ1n) is 3.37. The Morgan fingerprint density at radius 3 is 2.36 bits per heavy atom. The van der Waals surface area contributed by atoms with E-state index in [-0.39, 0.29) is 0 Å². The van der Waals surface area contributed by atoms with Gasteiger partial charge in [0.15, 0.2) is 5.41 Å². The van der Waals surface area contributed by atoms with Crippen molar-refractivity contribution in [3.05, 3.63) is 24.3 Å². The molecule has 3 heteroatoms. The number of rotatable bonds is 0. The molecule has 0 atom stereocenters. The summed E-state index contributed by atoms with van der Waals surface area (Å²) >= 11 is 0. The molecule has 2 rings (SSSR count). The molecule has 11 heavy (non-hydrogen) atoms. The van der Waals surface area contributed by atoms with Crippen LogP contribution in [0.2, 0.25) is 0 Å². The Hall–Kier alpha value is -1.38. The summed E-state index contributed by atoms with van der Waals surface area (Å²) in [5.41, 5.74) is -0.950. The molecule has 0 amide bonds. The van der Waals surface area contributed by atoms with E-state index in [4.69, 9.17) is 0 Å². The molecule has 1 saturated heterocycles. The molecule has 0 unspecified atom stereocenters. The Morgan fingerprint density at radius 1 is 1.27 bits per heavy atom. The van der Waals surface area contributed by atoms with Crippen LogP contribution in [0.3, 0.4) is 0 Å². The third-order valence-corrected chi connectivity index (χ3v) is 1.98. The summed E-state index contributed by atoms with van der Waals surface area (Å²) in [4.78, 5) is 21.8. The lowest BCUT2D eigenvalue weighted by Crippen LogP contribution is -2.52. The van der Waals surface area contributed by atoms with Crippen LogP contribution in [0.1, 0.15) is 6.42 Å². The third-order valence-electron chi connectivity index (χ3n) is 1.98. The van der Waals surface area contributed by atoms with E-state index in [0.29, 0.717) is 6.42 Å². The molecule has 0 radical (unpaired) electrons. The molecular weight excluding hydrogens is 144 g/mol. The molecule has 56 valence electrons. The van der Waals surface area contributed by atoms with Crippen molar-refractivity contribution in [3.63, 3.8) is 0 Å². The summed E-state index contributed by atoms with van der Waals surface area (Å²) in [6.07, 6.45) is 7.34. The van der Waals surface area contributed by atoms with Gasteiger partial charge in [-0.2, -0.15) is 0 Å². The van der Waals surface area contributed by atoms with Crippen molar-refractivity contribution in [2.24, 2.45) is 5.41 Å². The van der Waals surface area contributed by atoms with Gasteiger partial charge in [0.25, 0.3) is 0 Å². The lowest BCUT2D eigenvalue weighted by Gasteiger charge is -2.33. The van der Waals surface area contributed by atoms with Crippen LogP contribution in [0, 0.1) is 5.41 Å². The maximum Gasteiger partial charge on any atom is 0.335 e. The summed E-state index contributed by atoms with van der Waals surface area (Å²) in [7, 11) is 0. The average Bonchev–Trinajstić information content (AvgIpc) is 2.07. The van der Waals surface area contributed by atoms with E-state index in [9.17, 15) is 9.59 Å². The van der Waals surface area contributed by atoms with E-state index >= 15 is 0 Å². The second kappa shape index (κ2) is 1.81. The summed E-state index contributed by atoms with van der Waals surface area (Å²) < 4.78 is 4.27. The number of carbonyl (C=O) groups is 2. The van der Waals surface area contributed by atoms with Crippen LogP contribution < -0.4 is 0 Å². The number of carbonyl (C=O) groups excluding carboxylic acids is 2. The van der Waals surface area contributed by atoms with E-state index in [1.807, 2.05) is 6.08 Å². The molecule has 3 nitrogen and oxygen atoms in total. The van der Waals surface area contributed by atoms with E-state index < -0.39 is 17.4 Å². The molecular formula is C8H6O3. The zero-order valence-electron chi connectivity index (χ0n) is 5.74. The molecule has 0 N–H and O–H groups in total. The van der Waals surface area contributed by atoms with Crippen molar-refractivity contribution in [3.8, 4) is 0 Å². The number of hydrogen-bond acceptors (Lipinski definition) is 3. The summed E-state index contributed by atoms with van der Waals surface area (Å²) in [5.74, 6) is -0.855. The van der Waals surface area contributed by atoms with Crippen molar-refractivity contribution >= 4 is 11.9 Å². The van der Waals surface area contributed by atoms with Crippen molar-refractivity contribution in [2.45, 2.75) is 6.42 Å². The first-order chi connectivity index (χ1) is 5.26. The summed E-state index contributed by atoms with van der Waals surface area (Å²) in [6.45, 7) is 0. The molecule has 2 aliphatic rings. The van der Waals surface area contributed by atoms with Gasteiger partial charge in [0.05, 0.1) is 0 Å². The van der Waals surface area contributed by atoms with Crippen LogP contribution in [-0.2, 0) is 14.3 Å². The maximum atomic E-state index is 10.9. The molecule has 0 saturated carbocycles. The maximum absolute atomic E-state index is 10.9. The predicted molar refractivity (Wildman–Crippen MR) is 36.4 cm³/mol. The van der Waals surface area contributed by atoms with Gasteiger partial charge in [-0.1, -0.05) is 24.3 Å². The van der Waals surface area contributed by atoms with Gasteiger partial charge in [0, 0.05) is 0 Å². The quantitative estimate of drug-likeness (QED) is 0.374. The molecule has 1 heterocycles. The van der Waals surface area contributed by atoms with Gasteiger partial charge in [0.2, 0.25) is 0 Å². The van der Waals surface area contributed by atoms with Gasteiger partial charge in [-0.15, -0.1) is 0 Å². The fourth-order valence-corrected chi connectivity index (χ4v) is 1.23. The Labute approximate surface area is 63.3 Å². The number of ether oxygens (including phenoxy) is 1. The van der Waals surface area contributed by atoms with Crippen molar-refractivity contribution < 1.29 is 14.3 Å². The zero-order chi connectivity index (χ0) is 7.90. The minimum absolute atomic E-state index is 0.428. The highest BCUT2D eigenvalue weighted by atomic mass is 16.6. The predicted octanol–water partition coefficient (Wildman–Crippen LogP) is 0.572. The fraction of sp³-hybridized carbons (Fsp3) is 0.250. The molecule has 1 aliphatic carbocycles.